The summed E-state index contributed by atoms with van der Waals surface area (Å²) in [5.41, 5.74) is 7.14. The van der Waals surface area contributed by atoms with Crippen LogP contribution in [0.1, 0.15) is 71.8 Å². The van der Waals surface area contributed by atoms with Crippen molar-refractivity contribution in [3.8, 4) is 11.5 Å². The number of aliphatic hydroxyl groups excluding tert-OH is 1. The van der Waals surface area contributed by atoms with Gasteiger partial charge >= 0.3 is 0 Å². The number of ether oxygens (including phenoxy) is 3. The van der Waals surface area contributed by atoms with Gasteiger partial charge in [-0.3, -0.25) is 4.79 Å². The molecule has 1 fully saturated rings. The fourth-order valence-electron chi connectivity index (χ4n) is 4.42. The molecule has 0 heterocycles. The number of benzene rings is 1. The van der Waals surface area contributed by atoms with E-state index in [0.717, 1.165) is 42.9 Å². The van der Waals surface area contributed by atoms with Crippen molar-refractivity contribution < 1.29 is 24.1 Å². The predicted octanol–water partition coefficient (Wildman–Crippen LogP) is 4.34. The maximum atomic E-state index is 12.7. The summed E-state index contributed by atoms with van der Waals surface area (Å²) in [6.45, 7) is 9.71. The first-order chi connectivity index (χ1) is 17.1. The van der Waals surface area contributed by atoms with E-state index < -0.39 is 17.6 Å². The van der Waals surface area contributed by atoms with Crippen molar-refractivity contribution in [1.29, 1.82) is 0 Å². The maximum absolute atomic E-state index is 12.7. The molecule has 1 aromatic carbocycles. The molecule has 0 aliphatic heterocycles. The van der Waals surface area contributed by atoms with Crippen LogP contribution in [0.25, 0.3) is 0 Å². The van der Waals surface area contributed by atoms with E-state index in [1.165, 1.54) is 12.8 Å². The van der Waals surface area contributed by atoms with Crippen LogP contribution in [0, 0.1) is 23.2 Å². The van der Waals surface area contributed by atoms with Gasteiger partial charge in [-0.25, -0.2) is 0 Å². The fourth-order valence-corrected chi connectivity index (χ4v) is 4.42. The molecule has 0 bridgehead atoms. The zero-order valence-electron chi connectivity index (χ0n) is 23.3. The van der Waals surface area contributed by atoms with Gasteiger partial charge in [0.05, 0.1) is 19.8 Å². The van der Waals surface area contributed by atoms with Crippen molar-refractivity contribution in [2.24, 2.45) is 28.9 Å². The lowest BCUT2D eigenvalue weighted by Gasteiger charge is -2.29. The van der Waals surface area contributed by atoms with Gasteiger partial charge in [-0.15, -0.1) is 0 Å². The van der Waals surface area contributed by atoms with Gasteiger partial charge in [0.15, 0.2) is 11.5 Å². The van der Waals surface area contributed by atoms with Crippen LogP contribution in [-0.2, 0) is 16.0 Å². The standard InChI is InChI=1S/C29H50N2O5/c1-20(2)23(16-22-10-11-26(35-6)27(17-22)36-15-7-14-34-5)18-24(30)25(32)19-31-28(33)29(3,4)13-12-21-8-9-21/h10-11,17,20-21,23-25,32H,7-9,12-16,18-19,30H2,1-6H3,(H,31,33)/t23-,24-,25+/m0/s1. The van der Waals surface area contributed by atoms with E-state index in [0.29, 0.717) is 31.3 Å². The van der Waals surface area contributed by atoms with E-state index in [4.69, 9.17) is 19.9 Å². The van der Waals surface area contributed by atoms with Gasteiger partial charge in [0, 0.05) is 38.1 Å². The van der Waals surface area contributed by atoms with E-state index in [-0.39, 0.29) is 18.4 Å². The lowest BCUT2D eigenvalue weighted by Crippen LogP contribution is -2.47. The van der Waals surface area contributed by atoms with Crippen molar-refractivity contribution in [2.45, 2.75) is 84.8 Å². The molecule has 206 valence electrons. The molecule has 0 radical (unpaired) electrons. The van der Waals surface area contributed by atoms with Crippen molar-refractivity contribution in [3.05, 3.63) is 23.8 Å². The zero-order valence-corrected chi connectivity index (χ0v) is 23.3. The van der Waals surface area contributed by atoms with Crippen LogP contribution in [0.15, 0.2) is 18.2 Å². The smallest absolute Gasteiger partial charge is 0.225 e. The largest absolute Gasteiger partial charge is 0.493 e. The van der Waals surface area contributed by atoms with Crippen LogP contribution in [0.4, 0.5) is 0 Å². The summed E-state index contributed by atoms with van der Waals surface area (Å²) in [5.74, 6) is 2.88. The average molecular weight is 507 g/mol. The number of carbonyl (C=O) groups excluding carboxylic acids is 1. The molecule has 0 spiro atoms. The van der Waals surface area contributed by atoms with E-state index in [1.807, 2.05) is 26.0 Å². The molecule has 0 aromatic heterocycles. The van der Waals surface area contributed by atoms with E-state index in [1.54, 1.807) is 14.2 Å². The highest BCUT2D eigenvalue weighted by Gasteiger charge is 2.32. The first-order valence-electron chi connectivity index (χ1n) is 13.6. The van der Waals surface area contributed by atoms with Crippen LogP contribution in [0.2, 0.25) is 0 Å². The van der Waals surface area contributed by atoms with Crippen molar-refractivity contribution in [1.82, 2.24) is 5.32 Å². The number of rotatable bonds is 18. The second-order valence-electron chi connectivity index (χ2n) is 11.4. The number of carbonyl (C=O) groups is 1. The Morgan fingerprint density at radius 3 is 2.53 bits per heavy atom. The molecule has 3 atom stereocenters. The van der Waals surface area contributed by atoms with Crippen molar-refractivity contribution >= 4 is 5.91 Å². The van der Waals surface area contributed by atoms with E-state index in [2.05, 4.69) is 25.2 Å². The number of amides is 1. The highest BCUT2D eigenvalue weighted by atomic mass is 16.5. The Balaban J connectivity index is 1.90. The Hall–Kier alpha value is -1.83. The highest BCUT2D eigenvalue weighted by Crippen LogP contribution is 2.37. The van der Waals surface area contributed by atoms with Crippen LogP contribution in [-0.4, -0.2) is 57.1 Å². The molecule has 4 N–H and O–H groups in total. The summed E-state index contributed by atoms with van der Waals surface area (Å²) in [4.78, 5) is 12.7. The molecule has 2 rings (SSSR count). The normalized spacial score (nSPS) is 16.5. The minimum atomic E-state index is -0.787. The minimum Gasteiger partial charge on any atom is -0.493 e. The molecule has 7 nitrogen and oxygen atoms in total. The molecule has 7 heteroatoms. The molecule has 0 saturated heterocycles. The molecule has 1 aliphatic rings. The summed E-state index contributed by atoms with van der Waals surface area (Å²) in [7, 11) is 3.32. The Morgan fingerprint density at radius 1 is 1.19 bits per heavy atom. The second kappa shape index (κ2) is 14.8. The van der Waals surface area contributed by atoms with Gasteiger partial charge in [-0.1, -0.05) is 46.6 Å². The summed E-state index contributed by atoms with van der Waals surface area (Å²) < 4.78 is 16.5. The SMILES string of the molecule is COCCCOc1cc(C[C@@H](C[C@H](N)[C@H](O)CNC(=O)C(C)(C)CCC2CC2)C(C)C)ccc1OC. The number of aliphatic hydroxyl groups is 1. The van der Waals surface area contributed by atoms with Crippen LogP contribution >= 0.6 is 0 Å². The number of hydrogen-bond acceptors (Lipinski definition) is 6. The average Bonchev–Trinajstić information content (AvgIpc) is 3.68. The third-order valence-corrected chi connectivity index (χ3v) is 7.45. The van der Waals surface area contributed by atoms with Gasteiger partial charge in [-0.05, 0) is 61.1 Å². The highest BCUT2D eigenvalue weighted by molar-refractivity contribution is 5.81. The van der Waals surface area contributed by atoms with Gasteiger partial charge in [0.25, 0.3) is 0 Å². The summed E-state index contributed by atoms with van der Waals surface area (Å²) in [5, 5.41) is 13.7. The molecule has 1 saturated carbocycles. The topological polar surface area (TPSA) is 103 Å². The van der Waals surface area contributed by atoms with Gasteiger partial charge in [0.1, 0.15) is 0 Å². The Morgan fingerprint density at radius 2 is 1.92 bits per heavy atom. The maximum Gasteiger partial charge on any atom is 0.225 e. The molecule has 1 amide bonds. The van der Waals surface area contributed by atoms with E-state index >= 15 is 0 Å². The molecule has 36 heavy (non-hydrogen) atoms. The van der Waals surface area contributed by atoms with Crippen LogP contribution < -0.4 is 20.5 Å². The number of methoxy groups -OCH3 is 2. The third kappa shape index (κ3) is 10.3. The summed E-state index contributed by atoms with van der Waals surface area (Å²) >= 11 is 0. The second-order valence-corrected chi connectivity index (χ2v) is 11.4. The molecule has 1 aromatic rings. The number of nitrogens with one attached hydrogen (secondary N) is 1. The number of nitrogens with two attached hydrogens (primary N) is 1. The zero-order chi connectivity index (χ0) is 26.7. The third-order valence-electron chi connectivity index (χ3n) is 7.45. The Labute approximate surface area is 218 Å². The molecule has 0 unspecified atom stereocenters. The summed E-state index contributed by atoms with van der Waals surface area (Å²) in [6.07, 6.45) is 6.06. The van der Waals surface area contributed by atoms with Crippen molar-refractivity contribution in [3.63, 3.8) is 0 Å². The molecular formula is C29H50N2O5. The monoisotopic (exact) mass is 506 g/mol. The van der Waals surface area contributed by atoms with Crippen LogP contribution in [0.3, 0.4) is 0 Å². The fraction of sp³-hybridized carbons (Fsp3) is 0.759. The quantitative estimate of drug-likeness (QED) is 0.256. The first kappa shape index (κ1) is 30.4. The Kier molecular flexibility index (Phi) is 12.5. The van der Waals surface area contributed by atoms with Gasteiger partial charge < -0.3 is 30.4 Å². The van der Waals surface area contributed by atoms with E-state index in [9.17, 15) is 9.90 Å². The predicted molar refractivity (Wildman–Crippen MR) is 144 cm³/mol. The lowest BCUT2D eigenvalue weighted by molar-refractivity contribution is -0.130. The molecular weight excluding hydrogens is 456 g/mol. The Bertz CT molecular complexity index is 794. The van der Waals surface area contributed by atoms with Gasteiger partial charge in [-0.2, -0.15) is 0 Å². The lowest BCUT2D eigenvalue weighted by atomic mass is 9.83. The minimum absolute atomic E-state index is 0.00827. The summed E-state index contributed by atoms with van der Waals surface area (Å²) in [6, 6.07) is 5.61. The molecule has 1 aliphatic carbocycles. The van der Waals surface area contributed by atoms with Crippen molar-refractivity contribution in [2.75, 3.05) is 34.0 Å². The first-order valence-corrected chi connectivity index (χ1v) is 13.6. The van der Waals surface area contributed by atoms with Crippen LogP contribution in [0.5, 0.6) is 11.5 Å². The number of hydrogen-bond donors (Lipinski definition) is 3. The van der Waals surface area contributed by atoms with Gasteiger partial charge in [0.2, 0.25) is 5.91 Å².